The van der Waals surface area contributed by atoms with Crippen LogP contribution in [-0.4, -0.2) is 42.6 Å². The van der Waals surface area contributed by atoms with Gasteiger partial charge < -0.3 is 15.4 Å². The molecule has 1 rings (SSSR count). The molecule has 16 heavy (non-hydrogen) atoms. The molecular weight excluding hydrogens is 204 g/mol. The van der Waals surface area contributed by atoms with Crippen molar-refractivity contribution in [1.82, 2.24) is 4.90 Å². The van der Waals surface area contributed by atoms with Gasteiger partial charge in [-0.15, -0.1) is 0 Å². The standard InChI is InChI=1S/C12H24N2O2/c1-10(2)14(8-5-7-13)12(15)11-6-3-4-9-16-11/h10-11H,3-9,13H2,1-2H3. The number of rotatable bonds is 5. The molecule has 0 aromatic heterocycles. The van der Waals surface area contributed by atoms with Crippen LogP contribution in [0.25, 0.3) is 0 Å². The first kappa shape index (κ1) is 13.5. The summed E-state index contributed by atoms with van der Waals surface area (Å²) in [6.45, 7) is 6.17. The second kappa shape index (κ2) is 6.86. The zero-order valence-electron chi connectivity index (χ0n) is 10.4. The molecule has 1 aliphatic rings. The van der Waals surface area contributed by atoms with Gasteiger partial charge in [0, 0.05) is 19.2 Å². The summed E-state index contributed by atoms with van der Waals surface area (Å²) in [5, 5.41) is 0. The second-order valence-corrected chi connectivity index (χ2v) is 4.62. The molecule has 1 amide bonds. The van der Waals surface area contributed by atoms with Crippen LogP contribution in [0.4, 0.5) is 0 Å². The van der Waals surface area contributed by atoms with Gasteiger partial charge >= 0.3 is 0 Å². The van der Waals surface area contributed by atoms with Crippen molar-refractivity contribution < 1.29 is 9.53 Å². The molecule has 1 unspecified atom stereocenters. The van der Waals surface area contributed by atoms with Crippen molar-refractivity contribution in [3.8, 4) is 0 Å². The summed E-state index contributed by atoms with van der Waals surface area (Å²) in [4.78, 5) is 14.1. The van der Waals surface area contributed by atoms with Gasteiger partial charge in [0.15, 0.2) is 0 Å². The fourth-order valence-corrected chi connectivity index (χ4v) is 2.00. The molecular formula is C12H24N2O2. The largest absolute Gasteiger partial charge is 0.368 e. The molecule has 2 N–H and O–H groups in total. The minimum Gasteiger partial charge on any atom is -0.368 e. The quantitative estimate of drug-likeness (QED) is 0.767. The third-order valence-electron chi connectivity index (χ3n) is 2.96. The number of nitrogens with two attached hydrogens (primary N) is 1. The number of nitrogens with zero attached hydrogens (tertiary/aromatic N) is 1. The Balaban J connectivity index is 2.51. The van der Waals surface area contributed by atoms with Crippen LogP contribution in [0.5, 0.6) is 0 Å². The maximum atomic E-state index is 12.2. The smallest absolute Gasteiger partial charge is 0.251 e. The third-order valence-corrected chi connectivity index (χ3v) is 2.96. The van der Waals surface area contributed by atoms with E-state index >= 15 is 0 Å². The molecule has 0 spiro atoms. The Morgan fingerprint density at radius 2 is 2.25 bits per heavy atom. The fraction of sp³-hybridized carbons (Fsp3) is 0.917. The number of amides is 1. The summed E-state index contributed by atoms with van der Waals surface area (Å²) in [7, 11) is 0. The average Bonchev–Trinajstić information content (AvgIpc) is 2.30. The van der Waals surface area contributed by atoms with Gasteiger partial charge in [0.25, 0.3) is 5.91 Å². The SMILES string of the molecule is CC(C)N(CCCN)C(=O)C1CCCCO1. The summed E-state index contributed by atoms with van der Waals surface area (Å²) < 4.78 is 5.53. The van der Waals surface area contributed by atoms with Crippen LogP contribution in [0.3, 0.4) is 0 Å². The van der Waals surface area contributed by atoms with E-state index in [1.54, 1.807) is 0 Å². The molecule has 1 aliphatic heterocycles. The lowest BCUT2D eigenvalue weighted by atomic mass is 10.1. The molecule has 0 aliphatic carbocycles. The van der Waals surface area contributed by atoms with Crippen molar-refractivity contribution in [2.24, 2.45) is 5.73 Å². The molecule has 1 heterocycles. The summed E-state index contributed by atoms with van der Waals surface area (Å²) in [6.07, 6.45) is 3.68. The van der Waals surface area contributed by atoms with Crippen LogP contribution in [0.15, 0.2) is 0 Å². The first-order valence-corrected chi connectivity index (χ1v) is 6.29. The first-order valence-electron chi connectivity index (χ1n) is 6.29. The van der Waals surface area contributed by atoms with Gasteiger partial charge in [-0.05, 0) is 46.1 Å². The third kappa shape index (κ3) is 3.76. The van der Waals surface area contributed by atoms with Gasteiger partial charge in [0.2, 0.25) is 0 Å². The van der Waals surface area contributed by atoms with Crippen molar-refractivity contribution >= 4 is 5.91 Å². The Hall–Kier alpha value is -0.610. The zero-order chi connectivity index (χ0) is 12.0. The van der Waals surface area contributed by atoms with E-state index in [9.17, 15) is 4.79 Å². The zero-order valence-corrected chi connectivity index (χ0v) is 10.4. The van der Waals surface area contributed by atoms with Gasteiger partial charge in [-0.2, -0.15) is 0 Å². The predicted molar refractivity (Wildman–Crippen MR) is 64.1 cm³/mol. The Morgan fingerprint density at radius 1 is 1.50 bits per heavy atom. The maximum Gasteiger partial charge on any atom is 0.251 e. The summed E-state index contributed by atoms with van der Waals surface area (Å²) in [6, 6.07) is 0.226. The lowest BCUT2D eigenvalue weighted by Gasteiger charge is -2.32. The van der Waals surface area contributed by atoms with Crippen LogP contribution in [-0.2, 0) is 9.53 Å². The number of carbonyl (C=O) groups is 1. The highest BCUT2D eigenvalue weighted by Gasteiger charge is 2.27. The lowest BCUT2D eigenvalue weighted by molar-refractivity contribution is -0.148. The second-order valence-electron chi connectivity index (χ2n) is 4.62. The van der Waals surface area contributed by atoms with Gasteiger partial charge in [-0.1, -0.05) is 0 Å². The molecule has 1 saturated heterocycles. The molecule has 94 valence electrons. The van der Waals surface area contributed by atoms with E-state index in [0.29, 0.717) is 6.54 Å². The lowest BCUT2D eigenvalue weighted by Crippen LogP contribution is -2.46. The summed E-state index contributed by atoms with van der Waals surface area (Å²) >= 11 is 0. The van der Waals surface area contributed by atoms with E-state index < -0.39 is 0 Å². The van der Waals surface area contributed by atoms with E-state index in [2.05, 4.69) is 0 Å². The minimum atomic E-state index is -0.214. The normalized spacial score (nSPS) is 21.1. The molecule has 1 atom stereocenters. The Morgan fingerprint density at radius 3 is 2.75 bits per heavy atom. The average molecular weight is 228 g/mol. The molecule has 0 aromatic carbocycles. The van der Waals surface area contributed by atoms with Crippen LogP contribution in [0.1, 0.15) is 39.5 Å². The van der Waals surface area contributed by atoms with Crippen LogP contribution >= 0.6 is 0 Å². The molecule has 0 radical (unpaired) electrons. The van der Waals surface area contributed by atoms with Gasteiger partial charge in [-0.25, -0.2) is 0 Å². The molecule has 4 heteroatoms. The number of hydrogen-bond acceptors (Lipinski definition) is 3. The predicted octanol–water partition coefficient (Wildman–Crippen LogP) is 1.14. The van der Waals surface area contributed by atoms with Crippen molar-refractivity contribution in [1.29, 1.82) is 0 Å². The number of ether oxygens (including phenoxy) is 1. The van der Waals surface area contributed by atoms with E-state index in [1.807, 2.05) is 18.7 Å². The van der Waals surface area contributed by atoms with Gasteiger partial charge in [0.05, 0.1) is 0 Å². The van der Waals surface area contributed by atoms with Crippen LogP contribution < -0.4 is 5.73 Å². The van der Waals surface area contributed by atoms with E-state index in [0.717, 1.165) is 38.8 Å². The molecule has 1 fully saturated rings. The Labute approximate surface area is 98.1 Å². The summed E-state index contributed by atoms with van der Waals surface area (Å²) in [5.74, 6) is 0.142. The highest BCUT2D eigenvalue weighted by atomic mass is 16.5. The molecule has 0 saturated carbocycles. The van der Waals surface area contributed by atoms with Gasteiger partial charge in [-0.3, -0.25) is 4.79 Å². The van der Waals surface area contributed by atoms with Crippen molar-refractivity contribution in [3.05, 3.63) is 0 Å². The van der Waals surface area contributed by atoms with Crippen molar-refractivity contribution in [3.63, 3.8) is 0 Å². The Bertz CT molecular complexity index is 213. The molecule has 0 bridgehead atoms. The minimum absolute atomic E-state index is 0.142. The Kier molecular flexibility index (Phi) is 5.77. The van der Waals surface area contributed by atoms with Gasteiger partial charge in [0.1, 0.15) is 6.10 Å². The van der Waals surface area contributed by atoms with E-state index in [1.165, 1.54) is 0 Å². The van der Waals surface area contributed by atoms with Crippen LogP contribution in [0, 0.1) is 0 Å². The number of carbonyl (C=O) groups excluding carboxylic acids is 1. The van der Waals surface area contributed by atoms with E-state index in [-0.39, 0.29) is 18.1 Å². The molecule has 0 aromatic rings. The highest BCUT2D eigenvalue weighted by molar-refractivity contribution is 5.81. The van der Waals surface area contributed by atoms with Crippen molar-refractivity contribution in [2.45, 2.75) is 51.7 Å². The number of hydrogen-bond donors (Lipinski definition) is 1. The first-order chi connectivity index (χ1) is 7.66. The topological polar surface area (TPSA) is 55.6 Å². The van der Waals surface area contributed by atoms with E-state index in [4.69, 9.17) is 10.5 Å². The monoisotopic (exact) mass is 228 g/mol. The molecule has 4 nitrogen and oxygen atoms in total. The highest BCUT2D eigenvalue weighted by Crippen LogP contribution is 2.16. The van der Waals surface area contributed by atoms with Crippen molar-refractivity contribution in [2.75, 3.05) is 19.7 Å². The maximum absolute atomic E-state index is 12.2. The fourth-order valence-electron chi connectivity index (χ4n) is 2.00. The van der Waals surface area contributed by atoms with Crippen LogP contribution in [0.2, 0.25) is 0 Å². The summed E-state index contributed by atoms with van der Waals surface area (Å²) in [5.41, 5.74) is 5.49.